The predicted octanol–water partition coefficient (Wildman–Crippen LogP) is 3.50. The molecule has 2 saturated heterocycles. The molecule has 0 saturated carbocycles. The number of carbonyl (C=O) groups is 1. The Labute approximate surface area is 167 Å². The molecule has 0 aliphatic carbocycles. The number of piperidine rings is 1. The Kier molecular flexibility index (Phi) is 6.19. The van der Waals surface area contributed by atoms with Crippen LogP contribution in [0.15, 0.2) is 18.3 Å². The largest absolute Gasteiger partial charge is 0.434 e. The van der Waals surface area contributed by atoms with Crippen LogP contribution in [0.5, 0.6) is 0 Å². The van der Waals surface area contributed by atoms with E-state index in [1.165, 1.54) is 6.07 Å². The van der Waals surface area contributed by atoms with Crippen molar-refractivity contribution in [2.45, 2.75) is 49.2 Å². The molecule has 0 bridgehead atoms. The Bertz CT molecular complexity index is 745. The Morgan fingerprint density at radius 2 is 1.93 bits per heavy atom. The summed E-state index contributed by atoms with van der Waals surface area (Å²) in [5.41, 5.74) is -0.990. The Morgan fingerprint density at radius 3 is 2.43 bits per heavy atom. The molecule has 2 aliphatic rings. The zero-order chi connectivity index (χ0) is 22.2. The van der Waals surface area contributed by atoms with Crippen molar-refractivity contribution in [3.05, 3.63) is 29.6 Å². The van der Waals surface area contributed by atoms with Crippen molar-refractivity contribution >= 4 is 6.09 Å². The van der Waals surface area contributed by atoms with Gasteiger partial charge >= 0.3 is 18.4 Å². The highest BCUT2D eigenvalue weighted by Crippen LogP contribution is 2.42. The molecule has 1 amide bonds. The molecule has 1 N–H and O–H groups in total. The van der Waals surface area contributed by atoms with E-state index in [2.05, 4.69) is 9.72 Å². The lowest BCUT2D eigenvalue weighted by atomic mass is 9.84. The number of ether oxygens (including phenoxy) is 2. The van der Waals surface area contributed by atoms with E-state index in [9.17, 15) is 31.1 Å². The van der Waals surface area contributed by atoms with Crippen molar-refractivity contribution in [1.29, 1.82) is 0 Å². The number of nitrogens with zero attached hydrogens (tertiary/aromatic N) is 2. The number of rotatable bonds is 3. The van der Waals surface area contributed by atoms with E-state index in [0.717, 1.165) is 17.2 Å². The molecule has 0 aromatic carbocycles. The molecule has 12 heteroatoms. The average Bonchev–Trinajstić information content (AvgIpc) is 3.08. The molecule has 1 aromatic rings. The maximum Gasteiger partial charge on any atom is 0.427 e. The summed E-state index contributed by atoms with van der Waals surface area (Å²) in [6.07, 6.45) is -11.1. The lowest BCUT2D eigenvalue weighted by Gasteiger charge is -2.38. The van der Waals surface area contributed by atoms with Gasteiger partial charge in [-0.05, 0) is 31.4 Å². The minimum absolute atomic E-state index is 0.0992. The highest BCUT2D eigenvalue weighted by Gasteiger charge is 2.46. The van der Waals surface area contributed by atoms with Gasteiger partial charge < -0.3 is 19.5 Å². The standard InChI is InChI=1S/C18H20F6N2O4/c19-17(20,21)12-1-2-13(25-8-12)11-7-16(29-10-11)3-5-26(6-4-16)15(28)30-14(9-27)18(22,23)24/h1-2,8,11,14,27H,3-7,9-10H2/t11?,14-/m1/s1. The third-order valence-electron chi connectivity index (χ3n) is 5.45. The first kappa shape index (κ1) is 22.6. The number of amides is 1. The smallest absolute Gasteiger partial charge is 0.427 e. The van der Waals surface area contributed by atoms with Gasteiger partial charge in [-0.25, -0.2) is 4.79 Å². The molecular formula is C18H20F6N2O4. The highest BCUT2D eigenvalue weighted by molar-refractivity contribution is 5.68. The van der Waals surface area contributed by atoms with Gasteiger partial charge in [0.1, 0.15) is 0 Å². The molecule has 0 radical (unpaired) electrons. The lowest BCUT2D eigenvalue weighted by Crippen LogP contribution is -2.48. The van der Waals surface area contributed by atoms with Crippen molar-refractivity contribution < 1.29 is 45.7 Å². The third-order valence-corrected chi connectivity index (χ3v) is 5.45. The van der Waals surface area contributed by atoms with Crippen molar-refractivity contribution in [2.75, 3.05) is 26.3 Å². The number of likely N-dealkylation sites (tertiary alicyclic amines) is 1. The second-order valence-corrected chi connectivity index (χ2v) is 7.45. The first-order valence-electron chi connectivity index (χ1n) is 9.24. The quantitative estimate of drug-likeness (QED) is 0.726. The summed E-state index contributed by atoms with van der Waals surface area (Å²) in [5.74, 6) is -0.213. The maximum atomic E-state index is 12.7. The first-order valence-corrected chi connectivity index (χ1v) is 9.24. The Balaban J connectivity index is 1.55. The van der Waals surface area contributed by atoms with Gasteiger partial charge in [0.05, 0.1) is 24.4 Å². The van der Waals surface area contributed by atoms with Gasteiger partial charge in [0, 0.05) is 30.9 Å². The fourth-order valence-corrected chi connectivity index (χ4v) is 3.70. The zero-order valence-corrected chi connectivity index (χ0v) is 15.7. The number of aliphatic hydroxyl groups is 1. The number of alkyl halides is 6. The summed E-state index contributed by atoms with van der Waals surface area (Å²) >= 11 is 0. The lowest BCUT2D eigenvalue weighted by molar-refractivity contribution is -0.215. The third kappa shape index (κ3) is 4.97. The normalized spacial score (nSPS) is 22.9. The van der Waals surface area contributed by atoms with Crippen LogP contribution in [0.2, 0.25) is 0 Å². The SMILES string of the molecule is O=C(O[C@H](CO)C(F)(F)F)N1CCC2(CC1)CC(c1ccc(C(F)(F)F)cn1)CO2. The molecule has 1 unspecified atom stereocenters. The maximum absolute atomic E-state index is 12.7. The topological polar surface area (TPSA) is 71.9 Å². The Hall–Kier alpha value is -2.08. The summed E-state index contributed by atoms with van der Waals surface area (Å²) in [4.78, 5) is 17.0. The molecular weight excluding hydrogens is 422 g/mol. The number of aliphatic hydroxyl groups excluding tert-OH is 1. The number of hydrogen-bond donors (Lipinski definition) is 1. The van der Waals surface area contributed by atoms with E-state index in [1.807, 2.05) is 0 Å². The molecule has 30 heavy (non-hydrogen) atoms. The van der Waals surface area contributed by atoms with Crippen LogP contribution in [0.25, 0.3) is 0 Å². The van der Waals surface area contributed by atoms with Gasteiger partial charge in [-0.2, -0.15) is 26.3 Å². The van der Waals surface area contributed by atoms with Crippen LogP contribution in [0.3, 0.4) is 0 Å². The fraction of sp³-hybridized carbons (Fsp3) is 0.667. The van der Waals surface area contributed by atoms with Crippen LogP contribution >= 0.6 is 0 Å². The van der Waals surface area contributed by atoms with Crippen LogP contribution in [0.4, 0.5) is 31.1 Å². The number of halogens is 6. The van der Waals surface area contributed by atoms with Crippen LogP contribution in [0.1, 0.15) is 36.4 Å². The molecule has 1 aromatic heterocycles. The highest BCUT2D eigenvalue weighted by atomic mass is 19.4. The molecule has 2 fully saturated rings. The van der Waals surface area contributed by atoms with E-state index < -0.39 is 42.3 Å². The van der Waals surface area contributed by atoms with E-state index in [1.54, 1.807) is 0 Å². The van der Waals surface area contributed by atoms with Crippen molar-refractivity contribution in [3.63, 3.8) is 0 Å². The first-order chi connectivity index (χ1) is 13.9. The molecule has 2 aliphatic heterocycles. The van der Waals surface area contributed by atoms with Crippen molar-refractivity contribution in [1.82, 2.24) is 9.88 Å². The van der Waals surface area contributed by atoms with E-state index in [0.29, 0.717) is 25.0 Å². The summed E-state index contributed by atoms with van der Waals surface area (Å²) in [7, 11) is 0. The molecule has 1 spiro atoms. The van der Waals surface area contributed by atoms with Gasteiger partial charge in [0.25, 0.3) is 0 Å². The van der Waals surface area contributed by atoms with Gasteiger partial charge in [-0.1, -0.05) is 0 Å². The number of pyridine rings is 1. The van der Waals surface area contributed by atoms with Gasteiger partial charge in [-0.3, -0.25) is 4.98 Å². The van der Waals surface area contributed by atoms with Crippen molar-refractivity contribution in [3.8, 4) is 0 Å². The molecule has 168 valence electrons. The van der Waals surface area contributed by atoms with E-state index in [-0.39, 0.29) is 25.6 Å². The fourth-order valence-electron chi connectivity index (χ4n) is 3.70. The van der Waals surface area contributed by atoms with Gasteiger partial charge in [0.15, 0.2) is 0 Å². The van der Waals surface area contributed by atoms with Gasteiger partial charge in [-0.15, -0.1) is 0 Å². The molecule has 6 nitrogen and oxygen atoms in total. The van der Waals surface area contributed by atoms with Crippen LogP contribution in [0, 0.1) is 0 Å². The molecule has 2 atom stereocenters. The zero-order valence-electron chi connectivity index (χ0n) is 15.7. The monoisotopic (exact) mass is 442 g/mol. The van der Waals surface area contributed by atoms with E-state index in [4.69, 9.17) is 9.84 Å². The summed E-state index contributed by atoms with van der Waals surface area (Å²) in [5, 5.41) is 8.77. The minimum Gasteiger partial charge on any atom is -0.434 e. The number of carbonyl (C=O) groups excluding carboxylic acids is 1. The second-order valence-electron chi connectivity index (χ2n) is 7.45. The molecule has 3 heterocycles. The minimum atomic E-state index is -4.86. The summed E-state index contributed by atoms with van der Waals surface area (Å²) in [6, 6.07) is 2.28. The number of hydrogen-bond acceptors (Lipinski definition) is 5. The Morgan fingerprint density at radius 1 is 1.27 bits per heavy atom. The van der Waals surface area contributed by atoms with E-state index >= 15 is 0 Å². The van der Waals surface area contributed by atoms with Crippen molar-refractivity contribution in [2.24, 2.45) is 0 Å². The number of aromatic nitrogens is 1. The van der Waals surface area contributed by atoms with Gasteiger partial charge in [0.2, 0.25) is 6.10 Å². The molecule has 3 rings (SSSR count). The predicted molar refractivity (Wildman–Crippen MR) is 89.5 cm³/mol. The van der Waals surface area contributed by atoms with Crippen LogP contribution < -0.4 is 0 Å². The second kappa shape index (κ2) is 8.22. The summed E-state index contributed by atoms with van der Waals surface area (Å²) in [6.45, 7) is -0.911. The average molecular weight is 442 g/mol. The summed E-state index contributed by atoms with van der Waals surface area (Å²) < 4.78 is 86.1. The van der Waals surface area contributed by atoms with Crippen LogP contribution in [-0.4, -0.2) is 65.3 Å². The van der Waals surface area contributed by atoms with Crippen LogP contribution in [-0.2, 0) is 15.7 Å².